The molecule has 1 aliphatic rings. The van der Waals surface area contributed by atoms with Crippen molar-refractivity contribution >= 4 is 29.7 Å². The number of hydrogen-bond acceptors (Lipinski definition) is 5. The molecule has 1 aliphatic heterocycles. The van der Waals surface area contributed by atoms with Crippen molar-refractivity contribution in [2.24, 2.45) is 0 Å². The van der Waals surface area contributed by atoms with E-state index in [2.05, 4.69) is 5.32 Å². The van der Waals surface area contributed by atoms with E-state index in [4.69, 9.17) is 5.11 Å². The molecule has 9 nitrogen and oxygen atoms in total. The number of nitrogens with one attached hydrogen (secondary N) is 2. The van der Waals surface area contributed by atoms with Gasteiger partial charge in [0.2, 0.25) is 17.7 Å². The van der Waals surface area contributed by atoms with Crippen LogP contribution in [0.4, 0.5) is 4.79 Å². The highest BCUT2D eigenvalue weighted by Crippen LogP contribution is 2.09. The number of rotatable bonds is 4. The average molecular weight is 285 g/mol. The summed E-state index contributed by atoms with van der Waals surface area (Å²) in [7, 11) is 0. The second-order valence-electron chi connectivity index (χ2n) is 4.21. The average Bonchev–Trinajstić information content (AvgIpc) is 2.35. The van der Waals surface area contributed by atoms with E-state index >= 15 is 0 Å². The highest BCUT2D eigenvalue weighted by molar-refractivity contribution is 6.06. The summed E-state index contributed by atoms with van der Waals surface area (Å²) in [5.41, 5.74) is 0. The Morgan fingerprint density at radius 1 is 1.35 bits per heavy atom. The van der Waals surface area contributed by atoms with Crippen LogP contribution in [-0.4, -0.2) is 52.3 Å². The van der Waals surface area contributed by atoms with Crippen LogP contribution in [0.3, 0.4) is 0 Å². The number of urea groups is 1. The van der Waals surface area contributed by atoms with Crippen LogP contribution in [0.15, 0.2) is 0 Å². The highest BCUT2D eigenvalue weighted by Gasteiger charge is 2.35. The van der Waals surface area contributed by atoms with E-state index in [0.29, 0.717) is 0 Å². The SMILES string of the molecule is CCC1C(=O)NC(=O)CN1C(=O)NC(=O)CCC(=O)O. The van der Waals surface area contributed by atoms with Crippen molar-refractivity contribution in [2.45, 2.75) is 32.2 Å². The summed E-state index contributed by atoms with van der Waals surface area (Å²) in [5, 5.41) is 12.5. The molecule has 1 heterocycles. The summed E-state index contributed by atoms with van der Waals surface area (Å²) >= 11 is 0. The molecule has 0 saturated carbocycles. The first-order valence-electron chi connectivity index (χ1n) is 6.01. The molecule has 0 aromatic rings. The standard InChI is InChI=1S/C11H15N3O6/c1-2-6-10(19)12-8(16)5-14(6)11(20)13-7(15)3-4-9(17)18/h6H,2-5H2,1H3,(H,17,18)(H,12,16,19)(H,13,15,20). The molecule has 9 heteroatoms. The Hall–Kier alpha value is -2.45. The second kappa shape index (κ2) is 6.64. The Morgan fingerprint density at radius 2 is 2.00 bits per heavy atom. The molecule has 0 spiro atoms. The van der Waals surface area contributed by atoms with Gasteiger partial charge in [-0.05, 0) is 6.42 Å². The van der Waals surface area contributed by atoms with Crippen LogP contribution >= 0.6 is 0 Å². The minimum Gasteiger partial charge on any atom is -0.481 e. The quantitative estimate of drug-likeness (QED) is 0.557. The number of carbonyl (C=O) groups excluding carboxylic acids is 4. The zero-order valence-corrected chi connectivity index (χ0v) is 10.8. The van der Waals surface area contributed by atoms with Crippen molar-refractivity contribution in [3.63, 3.8) is 0 Å². The lowest BCUT2D eigenvalue weighted by Crippen LogP contribution is -2.61. The largest absolute Gasteiger partial charge is 0.481 e. The number of nitrogens with zero attached hydrogens (tertiary/aromatic N) is 1. The summed E-state index contributed by atoms with van der Waals surface area (Å²) in [6.07, 6.45) is -0.475. The Balaban J connectivity index is 2.64. The van der Waals surface area contributed by atoms with Crippen molar-refractivity contribution in [1.82, 2.24) is 15.5 Å². The summed E-state index contributed by atoms with van der Waals surface area (Å²) in [4.78, 5) is 57.2. The van der Waals surface area contributed by atoms with E-state index < -0.39 is 42.2 Å². The van der Waals surface area contributed by atoms with Gasteiger partial charge in [-0.15, -0.1) is 0 Å². The van der Waals surface area contributed by atoms with Gasteiger partial charge in [0, 0.05) is 6.42 Å². The van der Waals surface area contributed by atoms with E-state index in [0.717, 1.165) is 4.90 Å². The third kappa shape index (κ3) is 4.04. The number of hydrogen-bond donors (Lipinski definition) is 3. The molecular weight excluding hydrogens is 270 g/mol. The van der Waals surface area contributed by atoms with Crippen LogP contribution in [0, 0.1) is 0 Å². The summed E-state index contributed by atoms with van der Waals surface area (Å²) in [6, 6.07) is -1.71. The lowest BCUT2D eigenvalue weighted by Gasteiger charge is -2.32. The van der Waals surface area contributed by atoms with Crippen LogP contribution in [0.1, 0.15) is 26.2 Å². The summed E-state index contributed by atoms with van der Waals surface area (Å²) in [5.74, 6) is -3.16. The molecule has 0 radical (unpaired) electrons. The van der Waals surface area contributed by atoms with Crippen molar-refractivity contribution in [3.05, 3.63) is 0 Å². The maximum absolute atomic E-state index is 11.8. The van der Waals surface area contributed by atoms with Gasteiger partial charge in [-0.2, -0.15) is 0 Å². The van der Waals surface area contributed by atoms with Gasteiger partial charge in [0.05, 0.1) is 6.42 Å². The minimum absolute atomic E-state index is 0.288. The number of carbonyl (C=O) groups is 5. The minimum atomic E-state index is -1.16. The zero-order chi connectivity index (χ0) is 15.3. The molecule has 5 amide bonds. The van der Waals surface area contributed by atoms with Crippen molar-refractivity contribution in [3.8, 4) is 0 Å². The summed E-state index contributed by atoms with van der Waals surface area (Å²) < 4.78 is 0. The van der Waals surface area contributed by atoms with Gasteiger partial charge in [0.25, 0.3) is 0 Å². The van der Waals surface area contributed by atoms with E-state index in [1.54, 1.807) is 6.92 Å². The normalized spacial score (nSPS) is 18.4. The van der Waals surface area contributed by atoms with Gasteiger partial charge in [0.15, 0.2) is 0 Å². The van der Waals surface area contributed by atoms with Gasteiger partial charge in [0.1, 0.15) is 12.6 Å². The fraction of sp³-hybridized carbons (Fsp3) is 0.545. The number of carboxylic acids is 1. The Labute approximate surface area is 114 Å². The van der Waals surface area contributed by atoms with Gasteiger partial charge in [-0.1, -0.05) is 6.92 Å². The molecule has 1 saturated heterocycles. The highest BCUT2D eigenvalue weighted by atomic mass is 16.4. The van der Waals surface area contributed by atoms with Crippen molar-refractivity contribution in [1.29, 1.82) is 0 Å². The Bertz CT molecular complexity index is 461. The topological polar surface area (TPSA) is 133 Å². The molecule has 1 atom stereocenters. The summed E-state index contributed by atoms with van der Waals surface area (Å²) in [6.45, 7) is 1.33. The van der Waals surface area contributed by atoms with Crippen LogP contribution < -0.4 is 10.6 Å². The molecule has 3 N–H and O–H groups in total. The van der Waals surface area contributed by atoms with Crippen molar-refractivity contribution in [2.75, 3.05) is 6.54 Å². The van der Waals surface area contributed by atoms with Crippen LogP contribution in [0.5, 0.6) is 0 Å². The first-order valence-corrected chi connectivity index (χ1v) is 6.01. The van der Waals surface area contributed by atoms with Crippen LogP contribution in [0.2, 0.25) is 0 Å². The van der Waals surface area contributed by atoms with Gasteiger partial charge in [-0.3, -0.25) is 29.8 Å². The first-order chi connectivity index (χ1) is 9.35. The predicted octanol–water partition coefficient (Wildman–Crippen LogP) is -1.18. The molecule has 1 unspecified atom stereocenters. The smallest absolute Gasteiger partial charge is 0.325 e. The molecule has 0 aliphatic carbocycles. The number of carboxylic acid groups (broad SMARTS) is 1. The lowest BCUT2D eigenvalue weighted by atomic mass is 10.1. The molecule has 0 aromatic heterocycles. The fourth-order valence-electron chi connectivity index (χ4n) is 1.76. The van der Waals surface area contributed by atoms with E-state index in [1.165, 1.54) is 0 Å². The third-order valence-corrected chi connectivity index (χ3v) is 2.72. The molecule has 1 fully saturated rings. The fourth-order valence-corrected chi connectivity index (χ4v) is 1.76. The second-order valence-corrected chi connectivity index (χ2v) is 4.21. The molecule has 20 heavy (non-hydrogen) atoms. The van der Waals surface area contributed by atoms with Crippen molar-refractivity contribution < 1.29 is 29.1 Å². The maximum Gasteiger partial charge on any atom is 0.325 e. The number of aliphatic carboxylic acids is 1. The maximum atomic E-state index is 11.8. The van der Waals surface area contributed by atoms with Crippen LogP contribution in [-0.2, 0) is 19.2 Å². The zero-order valence-electron chi connectivity index (χ0n) is 10.8. The van der Waals surface area contributed by atoms with Crippen LogP contribution in [0.25, 0.3) is 0 Å². The molecule has 0 aromatic carbocycles. The molecular formula is C11H15N3O6. The first kappa shape index (κ1) is 15.6. The Morgan fingerprint density at radius 3 is 2.55 bits per heavy atom. The molecule has 110 valence electrons. The number of imide groups is 2. The monoisotopic (exact) mass is 285 g/mol. The van der Waals surface area contributed by atoms with Gasteiger partial charge < -0.3 is 10.0 Å². The van der Waals surface area contributed by atoms with Gasteiger partial charge in [-0.25, -0.2) is 4.79 Å². The van der Waals surface area contributed by atoms with E-state index in [-0.39, 0.29) is 19.4 Å². The number of piperazine rings is 1. The van der Waals surface area contributed by atoms with E-state index in [1.807, 2.05) is 5.32 Å². The Kier molecular flexibility index (Phi) is 5.18. The predicted molar refractivity (Wildman–Crippen MR) is 64.3 cm³/mol. The number of amides is 5. The molecule has 0 bridgehead atoms. The third-order valence-electron chi connectivity index (χ3n) is 2.72. The van der Waals surface area contributed by atoms with E-state index in [9.17, 15) is 24.0 Å². The lowest BCUT2D eigenvalue weighted by molar-refractivity contribution is -0.139. The van der Waals surface area contributed by atoms with Gasteiger partial charge >= 0.3 is 12.0 Å². The molecule has 1 rings (SSSR count).